The van der Waals surface area contributed by atoms with Crippen molar-refractivity contribution < 1.29 is 24.3 Å². The summed E-state index contributed by atoms with van der Waals surface area (Å²) in [7, 11) is 0. The van der Waals surface area contributed by atoms with Crippen molar-refractivity contribution >= 4 is 41.4 Å². The van der Waals surface area contributed by atoms with Gasteiger partial charge in [0.2, 0.25) is 17.7 Å². The maximum absolute atomic E-state index is 12.7. The van der Waals surface area contributed by atoms with Gasteiger partial charge in [0.1, 0.15) is 18.1 Å². The quantitative estimate of drug-likeness (QED) is 0.0817. The second-order valence-electron chi connectivity index (χ2n) is 7.70. The number of hydrogen-bond acceptors (Lipinski definition) is 7. The Morgan fingerprint density at radius 1 is 0.969 bits per heavy atom. The lowest BCUT2D eigenvalue weighted by Crippen LogP contribution is -2.57. The first-order chi connectivity index (χ1) is 14.9. The minimum Gasteiger partial charge on any atom is -0.480 e. The van der Waals surface area contributed by atoms with Crippen molar-refractivity contribution in [3.05, 3.63) is 0 Å². The van der Waals surface area contributed by atoms with Crippen molar-refractivity contribution in [1.29, 1.82) is 0 Å². The molecule has 0 rings (SSSR count). The molecule has 0 aliphatic heterocycles. The summed E-state index contributed by atoms with van der Waals surface area (Å²) >= 11 is 1.56. The van der Waals surface area contributed by atoms with Crippen LogP contribution in [0.4, 0.5) is 0 Å². The van der Waals surface area contributed by atoms with Crippen LogP contribution in [0.25, 0.3) is 0 Å². The van der Waals surface area contributed by atoms with Crippen LogP contribution >= 0.6 is 11.8 Å². The number of nitrogens with two attached hydrogens (primary N) is 3. The van der Waals surface area contributed by atoms with Crippen molar-refractivity contribution in [2.45, 2.75) is 64.2 Å². The van der Waals surface area contributed by atoms with Crippen LogP contribution in [-0.4, -0.2) is 77.5 Å². The second kappa shape index (κ2) is 15.3. The number of aliphatic carboxylic acids is 1. The number of guanidine groups is 1. The van der Waals surface area contributed by atoms with Crippen LogP contribution in [0, 0.1) is 5.92 Å². The summed E-state index contributed by atoms with van der Waals surface area (Å²) in [6, 6.07) is -3.82. The van der Waals surface area contributed by atoms with Gasteiger partial charge in [0, 0.05) is 6.54 Å². The fraction of sp³-hybridized carbons (Fsp3) is 0.737. The standard InChI is InChI=1S/C19H37N7O5S/c1-10(2)14(17(29)25-13(18(30)31)6-5-8-23-19(21)22)26-15(27)11(3)24-16(28)12(20)7-9-32-4/h10-14H,5-9,20H2,1-4H3,(H,24,28)(H,25,29)(H,26,27)(H,30,31)(H4,21,22,23). The molecule has 3 amide bonds. The van der Waals surface area contributed by atoms with Crippen LogP contribution in [0.2, 0.25) is 0 Å². The molecule has 0 saturated carbocycles. The first kappa shape index (κ1) is 29.5. The number of rotatable bonds is 15. The Bertz CT molecular complexity index is 670. The van der Waals surface area contributed by atoms with Gasteiger partial charge in [-0.05, 0) is 44.1 Å². The Morgan fingerprint density at radius 2 is 1.59 bits per heavy atom. The van der Waals surface area contributed by atoms with E-state index >= 15 is 0 Å². The Morgan fingerprint density at radius 3 is 2.09 bits per heavy atom. The van der Waals surface area contributed by atoms with Gasteiger partial charge in [-0.15, -0.1) is 0 Å². The Hall–Kier alpha value is -2.54. The minimum atomic E-state index is -1.21. The third-order valence-electron chi connectivity index (χ3n) is 4.53. The average molecular weight is 476 g/mol. The van der Waals surface area contributed by atoms with E-state index in [0.29, 0.717) is 18.6 Å². The molecule has 0 heterocycles. The van der Waals surface area contributed by atoms with E-state index in [4.69, 9.17) is 17.2 Å². The molecule has 184 valence electrons. The number of aliphatic imine (C=N–C) groups is 1. The van der Waals surface area contributed by atoms with Crippen molar-refractivity contribution in [3.8, 4) is 0 Å². The maximum Gasteiger partial charge on any atom is 0.326 e. The fourth-order valence-corrected chi connectivity index (χ4v) is 3.09. The molecular weight excluding hydrogens is 438 g/mol. The lowest BCUT2D eigenvalue weighted by atomic mass is 10.0. The lowest BCUT2D eigenvalue weighted by Gasteiger charge is -2.26. The van der Waals surface area contributed by atoms with Gasteiger partial charge in [-0.25, -0.2) is 4.79 Å². The number of carboxylic acids is 1. The summed E-state index contributed by atoms with van der Waals surface area (Å²) in [5, 5.41) is 16.9. The number of nitrogens with one attached hydrogen (secondary N) is 3. The molecule has 0 spiro atoms. The molecule has 4 unspecified atom stereocenters. The Kier molecular flexibility index (Phi) is 14.1. The number of carbonyl (C=O) groups is 4. The van der Waals surface area contributed by atoms with E-state index in [1.54, 1.807) is 25.6 Å². The van der Waals surface area contributed by atoms with Crippen LogP contribution in [0.15, 0.2) is 4.99 Å². The highest BCUT2D eigenvalue weighted by Gasteiger charge is 2.30. The van der Waals surface area contributed by atoms with Crippen LogP contribution < -0.4 is 33.2 Å². The molecule has 0 aliphatic rings. The van der Waals surface area contributed by atoms with Gasteiger partial charge in [-0.3, -0.25) is 19.4 Å². The molecule has 10 N–H and O–H groups in total. The highest BCUT2D eigenvalue weighted by atomic mass is 32.2. The van der Waals surface area contributed by atoms with Gasteiger partial charge in [0.25, 0.3) is 0 Å². The van der Waals surface area contributed by atoms with E-state index in [2.05, 4.69) is 20.9 Å². The van der Waals surface area contributed by atoms with E-state index in [0.717, 1.165) is 0 Å². The van der Waals surface area contributed by atoms with Crippen molar-refractivity contribution in [2.24, 2.45) is 28.1 Å². The molecule has 0 saturated heterocycles. The summed E-state index contributed by atoms with van der Waals surface area (Å²) in [6.45, 7) is 5.12. The third kappa shape index (κ3) is 11.7. The maximum atomic E-state index is 12.7. The van der Waals surface area contributed by atoms with Crippen LogP contribution in [0.1, 0.15) is 40.0 Å². The number of amides is 3. The molecule has 0 bridgehead atoms. The highest BCUT2D eigenvalue weighted by Crippen LogP contribution is 2.06. The third-order valence-corrected chi connectivity index (χ3v) is 5.17. The summed E-state index contributed by atoms with van der Waals surface area (Å²) < 4.78 is 0. The van der Waals surface area contributed by atoms with Crippen LogP contribution in [-0.2, 0) is 19.2 Å². The first-order valence-electron chi connectivity index (χ1n) is 10.3. The number of carboxylic acid groups (broad SMARTS) is 1. The number of carbonyl (C=O) groups excluding carboxylic acids is 3. The largest absolute Gasteiger partial charge is 0.480 e. The van der Waals surface area contributed by atoms with E-state index in [1.807, 2.05) is 6.26 Å². The van der Waals surface area contributed by atoms with Crippen molar-refractivity contribution in [3.63, 3.8) is 0 Å². The SMILES string of the molecule is CSCCC(N)C(=O)NC(C)C(=O)NC(C(=O)NC(CCCN=C(N)N)C(=O)O)C(C)C. The van der Waals surface area contributed by atoms with Gasteiger partial charge in [0.15, 0.2) is 5.96 Å². The molecular formula is C19H37N7O5S. The average Bonchev–Trinajstić information content (AvgIpc) is 2.70. The molecule has 13 heteroatoms. The first-order valence-corrected chi connectivity index (χ1v) is 11.7. The summed E-state index contributed by atoms with van der Waals surface area (Å²) in [5.74, 6) is -2.62. The predicted molar refractivity (Wildman–Crippen MR) is 125 cm³/mol. The van der Waals surface area contributed by atoms with Crippen molar-refractivity contribution in [1.82, 2.24) is 16.0 Å². The van der Waals surface area contributed by atoms with Crippen molar-refractivity contribution in [2.75, 3.05) is 18.6 Å². The predicted octanol–water partition coefficient (Wildman–Crippen LogP) is -1.66. The van der Waals surface area contributed by atoms with E-state index < -0.39 is 47.9 Å². The number of hydrogen-bond donors (Lipinski definition) is 7. The van der Waals surface area contributed by atoms with E-state index in [1.165, 1.54) is 6.92 Å². The zero-order valence-corrected chi connectivity index (χ0v) is 19.9. The highest BCUT2D eigenvalue weighted by molar-refractivity contribution is 7.98. The fourth-order valence-electron chi connectivity index (χ4n) is 2.60. The molecule has 0 fully saturated rings. The van der Waals surface area contributed by atoms with Crippen LogP contribution in [0.5, 0.6) is 0 Å². The van der Waals surface area contributed by atoms with E-state index in [9.17, 15) is 24.3 Å². The summed E-state index contributed by atoms with van der Waals surface area (Å²) in [5.41, 5.74) is 16.3. The van der Waals surface area contributed by atoms with Crippen LogP contribution in [0.3, 0.4) is 0 Å². The molecule has 0 aliphatic carbocycles. The second-order valence-corrected chi connectivity index (χ2v) is 8.68. The molecule has 0 radical (unpaired) electrons. The van der Waals surface area contributed by atoms with Gasteiger partial charge in [-0.2, -0.15) is 11.8 Å². The normalized spacial score (nSPS) is 14.6. The number of nitrogens with zero attached hydrogens (tertiary/aromatic N) is 1. The van der Waals surface area contributed by atoms with Gasteiger partial charge in [-0.1, -0.05) is 13.8 Å². The Labute approximate surface area is 192 Å². The summed E-state index contributed by atoms with van der Waals surface area (Å²) in [4.78, 5) is 52.6. The molecule has 0 aromatic carbocycles. The number of thioether (sulfide) groups is 1. The summed E-state index contributed by atoms with van der Waals surface area (Å²) in [6.07, 6.45) is 2.82. The zero-order chi connectivity index (χ0) is 24.8. The molecule has 4 atom stereocenters. The minimum absolute atomic E-state index is 0.102. The monoisotopic (exact) mass is 475 g/mol. The lowest BCUT2D eigenvalue weighted by molar-refractivity contribution is -0.142. The van der Waals surface area contributed by atoms with Gasteiger partial charge >= 0.3 is 5.97 Å². The molecule has 0 aromatic heterocycles. The van der Waals surface area contributed by atoms with Gasteiger partial charge < -0.3 is 38.3 Å². The molecule has 12 nitrogen and oxygen atoms in total. The molecule has 32 heavy (non-hydrogen) atoms. The Balaban J connectivity index is 4.95. The molecule has 0 aromatic rings. The van der Waals surface area contributed by atoms with E-state index in [-0.39, 0.29) is 24.8 Å². The van der Waals surface area contributed by atoms with Gasteiger partial charge in [0.05, 0.1) is 6.04 Å². The topological polar surface area (TPSA) is 215 Å². The smallest absolute Gasteiger partial charge is 0.326 e. The zero-order valence-electron chi connectivity index (χ0n) is 19.1.